The molecule has 1 aromatic rings. The number of para-hydroxylation sites is 1. The first-order valence-corrected chi connectivity index (χ1v) is 5.43. The number of nitrogens with one attached hydrogen (secondary N) is 2. The highest BCUT2D eigenvalue weighted by Crippen LogP contribution is 2.15. The van der Waals surface area contributed by atoms with Gasteiger partial charge in [0.25, 0.3) is 0 Å². The predicted molar refractivity (Wildman–Crippen MR) is 63.5 cm³/mol. The van der Waals surface area contributed by atoms with Gasteiger partial charge in [0, 0.05) is 12.1 Å². The van der Waals surface area contributed by atoms with E-state index in [0.717, 1.165) is 0 Å². The van der Waals surface area contributed by atoms with Gasteiger partial charge in [0.15, 0.2) is 0 Å². The zero-order chi connectivity index (χ0) is 12.7. The molecule has 5 nitrogen and oxygen atoms in total. The molecule has 3 N–H and O–H groups in total. The number of carbonyl (C=O) groups excluding carboxylic acids is 2. The van der Waals surface area contributed by atoms with Crippen molar-refractivity contribution in [2.24, 2.45) is 0 Å². The van der Waals surface area contributed by atoms with Crippen LogP contribution in [0.15, 0.2) is 24.3 Å². The molecule has 0 saturated carbocycles. The zero-order valence-corrected chi connectivity index (χ0v) is 9.69. The number of likely N-dealkylation sites (N-methyl/N-ethyl adjacent to an activating group) is 1. The van der Waals surface area contributed by atoms with E-state index in [1.807, 2.05) is 6.92 Å². The number of phenols is 1. The summed E-state index contributed by atoms with van der Waals surface area (Å²) < 4.78 is 0. The number of aromatic hydroxyl groups is 1. The van der Waals surface area contributed by atoms with Crippen molar-refractivity contribution < 1.29 is 14.7 Å². The van der Waals surface area contributed by atoms with Crippen LogP contribution in [0.1, 0.15) is 12.5 Å². The molecule has 0 aliphatic carbocycles. The Bertz CT molecular complexity index is 404. The Morgan fingerprint density at radius 3 is 2.53 bits per heavy atom. The van der Waals surface area contributed by atoms with Crippen LogP contribution < -0.4 is 10.6 Å². The van der Waals surface area contributed by atoms with Crippen molar-refractivity contribution in [1.82, 2.24) is 10.6 Å². The Morgan fingerprint density at radius 2 is 1.88 bits per heavy atom. The molecule has 0 atom stereocenters. The molecule has 0 heterocycles. The smallest absolute Gasteiger partial charge is 0.239 e. The molecule has 0 unspecified atom stereocenters. The van der Waals surface area contributed by atoms with E-state index in [9.17, 15) is 14.7 Å². The van der Waals surface area contributed by atoms with Gasteiger partial charge in [0.1, 0.15) is 5.75 Å². The minimum absolute atomic E-state index is 0.0414. The van der Waals surface area contributed by atoms with E-state index in [0.29, 0.717) is 12.1 Å². The lowest BCUT2D eigenvalue weighted by molar-refractivity contribution is -0.125. The summed E-state index contributed by atoms with van der Waals surface area (Å²) in [6.45, 7) is 2.30. The summed E-state index contributed by atoms with van der Waals surface area (Å²) in [4.78, 5) is 22.6. The second-order valence-electron chi connectivity index (χ2n) is 3.54. The minimum atomic E-state index is -0.294. The van der Waals surface area contributed by atoms with Gasteiger partial charge in [-0.1, -0.05) is 18.2 Å². The monoisotopic (exact) mass is 236 g/mol. The standard InChI is InChI=1S/C12H16N2O3/c1-2-13-12(17)8-14-11(16)7-9-5-3-4-6-10(9)15/h3-6,15H,2,7-8H2,1H3,(H,13,17)(H,14,16). The third kappa shape index (κ3) is 4.55. The average Bonchev–Trinajstić information content (AvgIpc) is 2.30. The average molecular weight is 236 g/mol. The van der Waals surface area contributed by atoms with Crippen LogP contribution in [0.3, 0.4) is 0 Å². The van der Waals surface area contributed by atoms with E-state index >= 15 is 0 Å². The van der Waals surface area contributed by atoms with Crippen LogP contribution >= 0.6 is 0 Å². The van der Waals surface area contributed by atoms with E-state index in [1.165, 1.54) is 6.07 Å². The Labute approximate surface area is 99.8 Å². The summed E-state index contributed by atoms with van der Waals surface area (Å²) >= 11 is 0. The van der Waals surface area contributed by atoms with Crippen molar-refractivity contribution in [2.45, 2.75) is 13.3 Å². The fourth-order valence-electron chi connectivity index (χ4n) is 1.33. The Morgan fingerprint density at radius 1 is 1.18 bits per heavy atom. The molecule has 0 bridgehead atoms. The van der Waals surface area contributed by atoms with Crippen LogP contribution in [0.4, 0.5) is 0 Å². The van der Waals surface area contributed by atoms with Crippen LogP contribution in [0.2, 0.25) is 0 Å². The van der Waals surface area contributed by atoms with Gasteiger partial charge in [0.05, 0.1) is 13.0 Å². The maximum atomic E-state index is 11.5. The van der Waals surface area contributed by atoms with Gasteiger partial charge in [0.2, 0.25) is 11.8 Å². The predicted octanol–water partition coefficient (Wildman–Crippen LogP) is 0.187. The van der Waals surface area contributed by atoms with Crippen molar-refractivity contribution in [3.05, 3.63) is 29.8 Å². The quantitative estimate of drug-likeness (QED) is 0.682. The minimum Gasteiger partial charge on any atom is -0.508 e. The van der Waals surface area contributed by atoms with Crippen molar-refractivity contribution in [3.63, 3.8) is 0 Å². The van der Waals surface area contributed by atoms with Gasteiger partial charge in [-0.2, -0.15) is 0 Å². The van der Waals surface area contributed by atoms with Crippen LogP contribution in [-0.2, 0) is 16.0 Å². The van der Waals surface area contributed by atoms with Crippen LogP contribution in [0, 0.1) is 0 Å². The van der Waals surface area contributed by atoms with Gasteiger partial charge >= 0.3 is 0 Å². The summed E-state index contributed by atoms with van der Waals surface area (Å²) in [5, 5.41) is 14.5. The Hall–Kier alpha value is -2.04. The normalized spacial score (nSPS) is 9.71. The van der Waals surface area contributed by atoms with Gasteiger partial charge < -0.3 is 15.7 Å². The first-order valence-electron chi connectivity index (χ1n) is 5.43. The molecule has 0 aromatic heterocycles. The highest BCUT2D eigenvalue weighted by molar-refractivity contribution is 5.85. The number of carbonyl (C=O) groups is 2. The molecule has 0 saturated heterocycles. The molecule has 2 amide bonds. The maximum absolute atomic E-state index is 11.5. The number of hydrogen-bond donors (Lipinski definition) is 3. The summed E-state index contributed by atoms with van der Waals surface area (Å²) in [7, 11) is 0. The molecular formula is C12H16N2O3. The van der Waals surface area contributed by atoms with Crippen molar-refractivity contribution >= 4 is 11.8 Å². The molecule has 1 rings (SSSR count). The molecule has 17 heavy (non-hydrogen) atoms. The van der Waals surface area contributed by atoms with E-state index < -0.39 is 0 Å². The van der Waals surface area contributed by atoms with Gasteiger partial charge in [-0.25, -0.2) is 0 Å². The molecule has 5 heteroatoms. The van der Waals surface area contributed by atoms with Gasteiger partial charge in [-0.15, -0.1) is 0 Å². The molecule has 0 aliphatic heterocycles. The molecule has 0 radical (unpaired) electrons. The van der Waals surface area contributed by atoms with Gasteiger partial charge in [-0.3, -0.25) is 9.59 Å². The molecule has 0 spiro atoms. The van der Waals surface area contributed by atoms with Crippen LogP contribution in [0.25, 0.3) is 0 Å². The molecule has 0 fully saturated rings. The SMILES string of the molecule is CCNC(=O)CNC(=O)Cc1ccccc1O. The number of phenolic OH excluding ortho intramolecular Hbond substituents is 1. The third-order valence-corrected chi connectivity index (χ3v) is 2.16. The van der Waals surface area contributed by atoms with Crippen molar-refractivity contribution in [1.29, 1.82) is 0 Å². The first-order chi connectivity index (χ1) is 8.13. The fraction of sp³-hybridized carbons (Fsp3) is 0.333. The number of amides is 2. The Kier molecular flexibility index (Phi) is 5.00. The van der Waals surface area contributed by atoms with E-state index in [-0.39, 0.29) is 30.5 Å². The second-order valence-corrected chi connectivity index (χ2v) is 3.54. The lowest BCUT2D eigenvalue weighted by atomic mass is 10.1. The summed E-state index contributed by atoms with van der Waals surface area (Å²) in [5.41, 5.74) is 0.542. The van der Waals surface area contributed by atoms with Crippen LogP contribution in [0.5, 0.6) is 5.75 Å². The Balaban J connectivity index is 2.40. The molecule has 1 aromatic carbocycles. The fourth-order valence-corrected chi connectivity index (χ4v) is 1.33. The van der Waals surface area contributed by atoms with Crippen molar-refractivity contribution in [2.75, 3.05) is 13.1 Å². The second kappa shape index (κ2) is 6.52. The number of rotatable bonds is 5. The summed E-state index contributed by atoms with van der Waals surface area (Å²) in [6.07, 6.45) is 0.0616. The van der Waals surface area contributed by atoms with Crippen molar-refractivity contribution in [3.8, 4) is 5.75 Å². The van der Waals surface area contributed by atoms with E-state index in [2.05, 4.69) is 10.6 Å². The van der Waals surface area contributed by atoms with Gasteiger partial charge in [-0.05, 0) is 13.0 Å². The lowest BCUT2D eigenvalue weighted by Gasteiger charge is -2.06. The van der Waals surface area contributed by atoms with E-state index in [1.54, 1.807) is 18.2 Å². The molecule has 92 valence electrons. The largest absolute Gasteiger partial charge is 0.508 e. The highest BCUT2D eigenvalue weighted by Gasteiger charge is 2.08. The molecule has 0 aliphatic rings. The van der Waals surface area contributed by atoms with Crippen LogP contribution in [-0.4, -0.2) is 30.0 Å². The summed E-state index contributed by atoms with van der Waals surface area (Å²) in [5.74, 6) is -0.434. The lowest BCUT2D eigenvalue weighted by Crippen LogP contribution is -2.37. The topological polar surface area (TPSA) is 78.4 Å². The summed E-state index contributed by atoms with van der Waals surface area (Å²) in [6, 6.07) is 6.62. The van der Waals surface area contributed by atoms with E-state index in [4.69, 9.17) is 0 Å². The number of benzene rings is 1. The third-order valence-electron chi connectivity index (χ3n) is 2.16. The number of hydrogen-bond acceptors (Lipinski definition) is 3. The zero-order valence-electron chi connectivity index (χ0n) is 9.69. The molecular weight excluding hydrogens is 220 g/mol. The first kappa shape index (κ1) is 13.0. The maximum Gasteiger partial charge on any atom is 0.239 e. The highest BCUT2D eigenvalue weighted by atomic mass is 16.3.